The Labute approximate surface area is 164 Å². The highest BCUT2D eigenvalue weighted by molar-refractivity contribution is 7.88. The molecule has 7 nitrogen and oxygen atoms in total. The first-order chi connectivity index (χ1) is 12.7. The Bertz CT molecular complexity index is 694. The SMILES string of the molecule is CN=C(NCCN(C(C)C)C(C)C)NCc1cccc(CS(=O)(=O)NC)c1. The van der Waals surface area contributed by atoms with E-state index in [-0.39, 0.29) is 5.75 Å². The number of hydrogen-bond donors (Lipinski definition) is 3. The zero-order valence-corrected chi connectivity index (χ0v) is 18.2. The van der Waals surface area contributed by atoms with Gasteiger partial charge in [-0.1, -0.05) is 24.3 Å². The summed E-state index contributed by atoms with van der Waals surface area (Å²) in [5, 5.41) is 6.61. The minimum Gasteiger partial charge on any atom is -0.355 e. The van der Waals surface area contributed by atoms with Crippen LogP contribution in [-0.2, 0) is 22.3 Å². The van der Waals surface area contributed by atoms with Crippen molar-refractivity contribution in [3.8, 4) is 0 Å². The first-order valence-electron chi connectivity index (χ1n) is 9.37. The highest BCUT2D eigenvalue weighted by Crippen LogP contribution is 2.08. The molecule has 154 valence electrons. The molecule has 0 aromatic heterocycles. The molecule has 0 saturated carbocycles. The van der Waals surface area contributed by atoms with E-state index >= 15 is 0 Å². The molecule has 1 rings (SSSR count). The normalized spacial score (nSPS) is 12.9. The molecule has 8 heteroatoms. The van der Waals surface area contributed by atoms with E-state index in [9.17, 15) is 8.42 Å². The maximum Gasteiger partial charge on any atom is 0.215 e. The third kappa shape index (κ3) is 8.73. The van der Waals surface area contributed by atoms with Gasteiger partial charge in [0.15, 0.2) is 5.96 Å². The molecule has 3 N–H and O–H groups in total. The molecule has 1 aromatic rings. The summed E-state index contributed by atoms with van der Waals surface area (Å²) >= 11 is 0. The summed E-state index contributed by atoms with van der Waals surface area (Å²) < 4.78 is 25.7. The van der Waals surface area contributed by atoms with Gasteiger partial charge >= 0.3 is 0 Å². The van der Waals surface area contributed by atoms with Gasteiger partial charge in [0.1, 0.15) is 0 Å². The molecule has 0 atom stereocenters. The van der Waals surface area contributed by atoms with E-state index in [1.807, 2.05) is 24.3 Å². The third-order valence-corrected chi connectivity index (χ3v) is 5.67. The maximum absolute atomic E-state index is 11.7. The Morgan fingerprint density at radius 3 is 2.30 bits per heavy atom. The Morgan fingerprint density at radius 2 is 1.74 bits per heavy atom. The zero-order valence-electron chi connectivity index (χ0n) is 17.4. The minimum absolute atomic E-state index is 0.0233. The van der Waals surface area contributed by atoms with Crippen LogP contribution in [0.5, 0.6) is 0 Å². The number of hydrogen-bond acceptors (Lipinski definition) is 4. The van der Waals surface area contributed by atoms with Crippen molar-refractivity contribution < 1.29 is 8.42 Å². The Kier molecular flexibility index (Phi) is 9.76. The predicted molar refractivity (Wildman–Crippen MR) is 113 cm³/mol. The molecular weight excluding hydrogens is 362 g/mol. The third-order valence-electron chi connectivity index (χ3n) is 4.33. The summed E-state index contributed by atoms with van der Waals surface area (Å²) in [4.78, 5) is 6.68. The Hall–Kier alpha value is -1.64. The lowest BCUT2D eigenvalue weighted by atomic mass is 10.1. The monoisotopic (exact) mass is 397 g/mol. The predicted octanol–water partition coefficient (Wildman–Crippen LogP) is 1.52. The van der Waals surface area contributed by atoms with Crippen molar-refractivity contribution in [1.82, 2.24) is 20.3 Å². The number of rotatable bonds is 10. The summed E-state index contributed by atoms with van der Waals surface area (Å²) in [5.41, 5.74) is 1.77. The van der Waals surface area contributed by atoms with E-state index in [1.54, 1.807) is 7.05 Å². The van der Waals surface area contributed by atoms with E-state index in [4.69, 9.17) is 0 Å². The van der Waals surface area contributed by atoms with Crippen LogP contribution in [0, 0.1) is 0 Å². The lowest BCUT2D eigenvalue weighted by molar-refractivity contribution is 0.178. The fourth-order valence-electron chi connectivity index (χ4n) is 2.94. The average molecular weight is 398 g/mol. The number of benzene rings is 1. The van der Waals surface area contributed by atoms with Crippen molar-refractivity contribution >= 4 is 16.0 Å². The van der Waals surface area contributed by atoms with E-state index in [1.165, 1.54) is 7.05 Å². The van der Waals surface area contributed by atoms with E-state index in [0.29, 0.717) is 18.6 Å². The zero-order chi connectivity index (χ0) is 20.4. The second-order valence-corrected chi connectivity index (χ2v) is 8.99. The summed E-state index contributed by atoms with van der Waals surface area (Å²) in [6.45, 7) is 11.1. The highest BCUT2D eigenvalue weighted by atomic mass is 32.2. The molecule has 0 spiro atoms. The molecule has 0 saturated heterocycles. The second kappa shape index (κ2) is 11.3. The fraction of sp³-hybridized carbons (Fsp3) is 0.632. The van der Waals surface area contributed by atoms with Crippen LogP contribution < -0.4 is 15.4 Å². The quantitative estimate of drug-likeness (QED) is 0.412. The average Bonchev–Trinajstić information content (AvgIpc) is 2.60. The highest BCUT2D eigenvalue weighted by Gasteiger charge is 2.13. The van der Waals surface area contributed by atoms with Crippen LogP contribution >= 0.6 is 0 Å². The van der Waals surface area contributed by atoms with E-state index < -0.39 is 10.0 Å². The molecule has 0 fully saturated rings. The van der Waals surface area contributed by atoms with Gasteiger partial charge in [0.05, 0.1) is 5.75 Å². The van der Waals surface area contributed by atoms with Gasteiger partial charge in [-0.2, -0.15) is 0 Å². The van der Waals surface area contributed by atoms with Crippen LogP contribution in [0.4, 0.5) is 0 Å². The van der Waals surface area contributed by atoms with Crippen LogP contribution in [0.1, 0.15) is 38.8 Å². The summed E-state index contributed by atoms with van der Waals surface area (Å²) in [6, 6.07) is 8.55. The molecule has 27 heavy (non-hydrogen) atoms. The number of nitrogens with zero attached hydrogens (tertiary/aromatic N) is 2. The first kappa shape index (κ1) is 23.4. The molecule has 0 radical (unpaired) electrons. The van der Waals surface area contributed by atoms with Crippen LogP contribution in [0.15, 0.2) is 29.3 Å². The molecule has 0 aliphatic rings. The van der Waals surface area contributed by atoms with Crippen molar-refractivity contribution in [2.24, 2.45) is 4.99 Å². The van der Waals surface area contributed by atoms with Gasteiger partial charge in [0, 0.05) is 38.8 Å². The van der Waals surface area contributed by atoms with E-state index in [0.717, 1.165) is 30.2 Å². The van der Waals surface area contributed by atoms with Gasteiger partial charge in [0.2, 0.25) is 10.0 Å². The molecule has 0 aliphatic carbocycles. The van der Waals surface area contributed by atoms with Gasteiger partial charge in [-0.15, -0.1) is 0 Å². The number of sulfonamides is 1. The standard InChI is InChI=1S/C19H35N5O2S/c1-15(2)24(16(3)4)11-10-22-19(20-5)23-13-17-8-7-9-18(12-17)14-27(25,26)21-6/h7-9,12,15-16,21H,10-11,13-14H2,1-6H3,(H2,20,22,23). The van der Waals surface area contributed by atoms with Crippen LogP contribution in [0.3, 0.4) is 0 Å². The molecular formula is C19H35N5O2S. The summed E-state index contributed by atoms with van der Waals surface area (Å²) in [7, 11) is -0.100. The van der Waals surface area contributed by atoms with Crippen molar-refractivity contribution in [2.45, 2.75) is 52.1 Å². The molecule has 1 aromatic carbocycles. The Balaban J connectivity index is 2.55. The van der Waals surface area contributed by atoms with Gasteiger partial charge in [-0.25, -0.2) is 13.1 Å². The molecule has 0 bridgehead atoms. The van der Waals surface area contributed by atoms with E-state index in [2.05, 4.69) is 52.9 Å². The lowest BCUT2D eigenvalue weighted by Crippen LogP contribution is -2.45. The lowest BCUT2D eigenvalue weighted by Gasteiger charge is -2.30. The maximum atomic E-state index is 11.7. The first-order valence-corrected chi connectivity index (χ1v) is 11.0. The van der Waals surface area contributed by atoms with Crippen molar-refractivity contribution in [2.75, 3.05) is 27.2 Å². The summed E-state index contributed by atoms with van der Waals surface area (Å²) in [5.74, 6) is 0.709. The van der Waals surface area contributed by atoms with Crippen molar-refractivity contribution in [3.05, 3.63) is 35.4 Å². The summed E-state index contributed by atoms with van der Waals surface area (Å²) in [6.07, 6.45) is 0. The van der Waals surface area contributed by atoms with Crippen LogP contribution in [0.2, 0.25) is 0 Å². The molecule has 0 heterocycles. The smallest absolute Gasteiger partial charge is 0.215 e. The Morgan fingerprint density at radius 1 is 1.11 bits per heavy atom. The van der Waals surface area contributed by atoms with Crippen molar-refractivity contribution in [1.29, 1.82) is 0 Å². The van der Waals surface area contributed by atoms with Gasteiger partial charge in [-0.3, -0.25) is 9.89 Å². The molecule has 0 aliphatic heterocycles. The van der Waals surface area contributed by atoms with Gasteiger partial charge < -0.3 is 10.6 Å². The van der Waals surface area contributed by atoms with Gasteiger partial charge in [-0.05, 0) is 45.9 Å². The van der Waals surface area contributed by atoms with Gasteiger partial charge in [0.25, 0.3) is 0 Å². The van der Waals surface area contributed by atoms with Crippen LogP contribution in [0.25, 0.3) is 0 Å². The van der Waals surface area contributed by atoms with Crippen molar-refractivity contribution in [3.63, 3.8) is 0 Å². The number of aliphatic imine (C=N–C) groups is 1. The largest absolute Gasteiger partial charge is 0.355 e. The minimum atomic E-state index is -3.27. The molecule has 0 unspecified atom stereocenters. The van der Waals surface area contributed by atoms with Crippen LogP contribution in [-0.4, -0.2) is 58.5 Å². The number of nitrogens with one attached hydrogen (secondary N) is 3. The second-order valence-electron chi connectivity index (χ2n) is 7.06. The molecule has 0 amide bonds. The fourth-order valence-corrected chi connectivity index (χ4v) is 3.71. The number of guanidine groups is 1. The topological polar surface area (TPSA) is 85.8 Å².